The second-order valence-electron chi connectivity index (χ2n) is 5.88. The second kappa shape index (κ2) is 6.92. The van der Waals surface area contributed by atoms with Gasteiger partial charge in [0.05, 0.1) is 18.8 Å². The molecule has 0 radical (unpaired) electrons. The highest BCUT2D eigenvalue weighted by molar-refractivity contribution is 5.37. The van der Waals surface area contributed by atoms with Crippen LogP contribution in [0.4, 0.5) is 0 Å². The van der Waals surface area contributed by atoms with Gasteiger partial charge in [-0.3, -0.25) is 0 Å². The van der Waals surface area contributed by atoms with Gasteiger partial charge in [-0.05, 0) is 25.5 Å². The molecule has 0 aromatic heterocycles. The average Bonchev–Trinajstić information content (AvgIpc) is 2.47. The van der Waals surface area contributed by atoms with Crippen molar-refractivity contribution >= 4 is 0 Å². The van der Waals surface area contributed by atoms with Gasteiger partial charge in [0.1, 0.15) is 5.75 Å². The van der Waals surface area contributed by atoms with E-state index in [0.717, 1.165) is 16.2 Å². The first-order valence-corrected chi connectivity index (χ1v) is 7.28. The van der Waals surface area contributed by atoms with Gasteiger partial charge in [-0.15, -0.1) is 0 Å². The predicted octanol–water partition coefficient (Wildman–Crippen LogP) is 3.40. The van der Waals surface area contributed by atoms with Crippen molar-refractivity contribution in [1.82, 2.24) is 5.06 Å². The van der Waals surface area contributed by atoms with Crippen molar-refractivity contribution in [2.24, 2.45) is 0 Å². The quantitative estimate of drug-likeness (QED) is 0.803. The molecule has 0 bridgehead atoms. The minimum Gasteiger partial charge on any atom is -0.496 e. The maximum absolute atomic E-state index is 10.6. The Kier molecular flexibility index (Phi) is 5.19. The number of methoxy groups -OCH3 is 1. The molecule has 1 atom stereocenters. The van der Waals surface area contributed by atoms with Crippen LogP contribution in [-0.2, 0) is 6.54 Å². The number of hydrogen-bond donors (Lipinski definition) is 2. The second-order valence-corrected chi connectivity index (χ2v) is 5.88. The summed E-state index contributed by atoms with van der Waals surface area (Å²) in [7, 11) is 1.58. The average molecular weight is 301 g/mol. The van der Waals surface area contributed by atoms with Crippen molar-refractivity contribution in [1.29, 1.82) is 0 Å². The number of para-hydroxylation sites is 1. The molecule has 0 amide bonds. The van der Waals surface area contributed by atoms with E-state index < -0.39 is 11.6 Å². The van der Waals surface area contributed by atoms with Crippen LogP contribution in [0.5, 0.6) is 5.75 Å². The Hall–Kier alpha value is -1.88. The molecule has 0 fully saturated rings. The molecule has 0 saturated heterocycles. The first-order chi connectivity index (χ1) is 10.4. The third-order valence-corrected chi connectivity index (χ3v) is 3.59. The fourth-order valence-corrected chi connectivity index (χ4v) is 2.66. The predicted molar refractivity (Wildman–Crippen MR) is 85.8 cm³/mol. The molecule has 0 aliphatic carbocycles. The summed E-state index contributed by atoms with van der Waals surface area (Å²) in [5.41, 5.74) is 0.572. The van der Waals surface area contributed by atoms with E-state index in [1.807, 2.05) is 54.6 Å². The monoisotopic (exact) mass is 301 g/mol. The van der Waals surface area contributed by atoms with Crippen molar-refractivity contribution in [3.05, 3.63) is 65.7 Å². The van der Waals surface area contributed by atoms with Crippen LogP contribution >= 0.6 is 0 Å². The first-order valence-electron chi connectivity index (χ1n) is 7.28. The number of hydrogen-bond acceptors (Lipinski definition) is 4. The normalized spacial score (nSPS) is 13.2. The number of benzene rings is 2. The minimum absolute atomic E-state index is 0.313. The molecule has 2 rings (SSSR count). The summed E-state index contributed by atoms with van der Waals surface area (Å²) in [5, 5.41) is 22.3. The molecule has 22 heavy (non-hydrogen) atoms. The SMILES string of the molecule is COc1ccccc1C(N(O)Cc1ccccc1)C(C)(C)O. The van der Waals surface area contributed by atoms with E-state index >= 15 is 0 Å². The topological polar surface area (TPSA) is 52.9 Å². The van der Waals surface area contributed by atoms with Gasteiger partial charge in [0.2, 0.25) is 0 Å². The van der Waals surface area contributed by atoms with Crippen LogP contribution < -0.4 is 4.74 Å². The molecule has 2 aromatic rings. The van der Waals surface area contributed by atoms with Gasteiger partial charge in [-0.2, -0.15) is 5.06 Å². The summed E-state index contributed by atoms with van der Waals surface area (Å²) >= 11 is 0. The highest BCUT2D eigenvalue weighted by Gasteiger charge is 2.35. The van der Waals surface area contributed by atoms with E-state index in [2.05, 4.69) is 0 Å². The molecule has 0 saturated carbocycles. The van der Waals surface area contributed by atoms with Crippen LogP contribution in [0.2, 0.25) is 0 Å². The van der Waals surface area contributed by atoms with Gasteiger partial charge in [-0.25, -0.2) is 0 Å². The Balaban J connectivity index is 2.34. The number of aliphatic hydroxyl groups is 1. The Morgan fingerprint density at radius 1 is 1.05 bits per heavy atom. The molecule has 2 N–H and O–H groups in total. The first kappa shape index (κ1) is 16.5. The van der Waals surface area contributed by atoms with Gasteiger partial charge in [0, 0.05) is 12.1 Å². The Labute approximate surface area is 131 Å². The largest absolute Gasteiger partial charge is 0.496 e. The van der Waals surface area contributed by atoms with Crippen LogP contribution in [-0.4, -0.2) is 28.1 Å². The van der Waals surface area contributed by atoms with E-state index in [9.17, 15) is 10.3 Å². The summed E-state index contributed by atoms with van der Waals surface area (Å²) in [4.78, 5) is 0. The lowest BCUT2D eigenvalue weighted by Gasteiger charge is -2.36. The van der Waals surface area contributed by atoms with Crippen molar-refractivity contribution < 1.29 is 15.1 Å². The maximum atomic E-state index is 10.6. The molecular formula is C18H23NO3. The molecule has 1 unspecified atom stereocenters. The lowest BCUT2D eigenvalue weighted by Crippen LogP contribution is -2.40. The number of hydroxylamine groups is 2. The zero-order valence-electron chi connectivity index (χ0n) is 13.2. The van der Waals surface area contributed by atoms with Gasteiger partial charge in [-0.1, -0.05) is 48.5 Å². The summed E-state index contributed by atoms with van der Waals surface area (Å²) in [6, 6.07) is 16.5. The van der Waals surface area contributed by atoms with Gasteiger partial charge >= 0.3 is 0 Å². The number of rotatable bonds is 6. The van der Waals surface area contributed by atoms with Crippen LogP contribution in [0.3, 0.4) is 0 Å². The maximum Gasteiger partial charge on any atom is 0.123 e. The molecule has 4 heteroatoms. The summed E-state index contributed by atoms with van der Waals surface area (Å²) in [6.45, 7) is 3.67. The van der Waals surface area contributed by atoms with E-state index in [4.69, 9.17) is 4.74 Å². The third kappa shape index (κ3) is 3.85. The highest BCUT2D eigenvalue weighted by atomic mass is 16.5. The molecule has 0 spiro atoms. The van der Waals surface area contributed by atoms with E-state index in [1.165, 1.54) is 0 Å². The van der Waals surface area contributed by atoms with Crippen LogP contribution in [0.25, 0.3) is 0 Å². The Morgan fingerprint density at radius 3 is 2.23 bits per heavy atom. The Bertz CT molecular complexity index is 593. The number of ether oxygens (including phenoxy) is 1. The van der Waals surface area contributed by atoms with Gasteiger partial charge in [0.15, 0.2) is 0 Å². The summed E-state index contributed by atoms with van der Waals surface area (Å²) in [6.07, 6.45) is 0. The Morgan fingerprint density at radius 2 is 1.64 bits per heavy atom. The zero-order valence-corrected chi connectivity index (χ0v) is 13.2. The third-order valence-electron chi connectivity index (χ3n) is 3.59. The smallest absolute Gasteiger partial charge is 0.123 e. The van der Waals surface area contributed by atoms with Crippen LogP contribution in [0.15, 0.2) is 54.6 Å². The molecular weight excluding hydrogens is 278 g/mol. The lowest BCUT2D eigenvalue weighted by molar-refractivity contribution is -0.187. The van der Waals surface area contributed by atoms with Gasteiger partial charge < -0.3 is 15.1 Å². The summed E-state index contributed by atoms with van der Waals surface area (Å²) < 4.78 is 5.37. The van der Waals surface area contributed by atoms with E-state index in [0.29, 0.717) is 12.3 Å². The lowest BCUT2D eigenvalue weighted by atomic mass is 9.90. The molecule has 0 aliphatic rings. The van der Waals surface area contributed by atoms with Gasteiger partial charge in [0.25, 0.3) is 0 Å². The van der Waals surface area contributed by atoms with E-state index in [-0.39, 0.29) is 0 Å². The molecule has 2 aromatic carbocycles. The van der Waals surface area contributed by atoms with Crippen molar-refractivity contribution in [3.63, 3.8) is 0 Å². The van der Waals surface area contributed by atoms with Crippen LogP contribution in [0, 0.1) is 0 Å². The molecule has 118 valence electrons. The zero-order chi connectivity index (χ0) is 16.2. The number of nitrogens with zero attached hydrogens (tertiary/aromatic N) is 1. The highest BCUT2D eigenvalue weighted by Crippen LogP contribution is 2.36. The molecule has 0 aliphatic heterocycles. The van der Waals surface area contributed by atoms with Crippen molar-refractivity contribution in [2.45, 2.75) is 32.0 Å². The van der Waals surface area contributed by atoms with Crippen LogP contribution in [0.1, 0.15) is 31.0 Å². The van der Waals surface area contributed by atoms with Crippen molar-refractivity contribution in [3.8, 4) is 5.75 Å². The van der Waals surface area contributed by atoms with Crippen molar-refractivity contribution in [2.75, 3.05) is 7.11 Å². The standard InChI is InChI=1S/C18H23NO3/c1-18(2,20)17(15-11-7-8-12-16(15)22-3)19(21)13-14-9-5-4-6-10-14/h4-12,17,20-21H,13H2,1-3H3. The fourth-order valence-electron chi connectivity index (χ4n) is 2.66. The fraction of sp³-hybridized carbons (Fsp3) is 0.333. The minimum atomic E-state index is -1.14. The van der Waals surface area contributed by atoms with E-state index in [1.54, 1.807) is 21.0 Å². The molecule has 0 heterocycles. The molecule has 4 nitrogen and oxygen atoms in total. The summed E-state index contributed by atoms with van der Waals surface area (Å²) in [5.74, 6) is 0.640.